The lowest BCUT2D eigenvalue weighted by atomic mass is 10.1. The SMILES string of the molecule is Cc1nnc([C@H]2C[C@H](O)CN2C(=O)Cc2cccc(C(F)(F)F)c2)n1Cc1ccc(Cl)cc1. The van der Waals surface area contributed by atoms with Crippen molar-refractivity contribution in [3.8, 4) is 0 Å². The van der Waals surface area contributed by atoms with Crippen molar-refractivity contribution in [3.63, 3.8) is 0 Å². The molecule has 2 heterocycles. The van der Waals surface area contributed by atoms with E-state index in [4.69, 9.17) is 11.6 Å². The van der Waals surface area contributed by atoms with Gasteiger partial charge in [0.1, 0.15) is 5.82 Å². The number of aromatic nitrogens is 3. The number of β-amino-alcohol motifs (C(OH)–C–C–N with tert-alkyl or cyclic N) is 1. The van der Waals surface area contributed by atoms with Crippen LogP contribution < -0.4 is 0 Å². The molecule has 0 unspecified atom stereocenters. The van der Waals surface area contributed by atoms with Crippen molar-refractivity contribution in [2.45, 2.75) is 44.6 Å². The Balaban J connectivity index is 1.57. The van der Waals surface area contributed by atoms with Crippen LogP contribution >= 0.6 is 11.6 Å². The highest BCUT2D eigenvalue weighted by molar-refractivity contribution is 6.30. The molecule has 174 valence electrons. The van der Waals surface area contributed by atoms with E-state index in [0.717, 1.165) is 17.7 Å². The molecule has 2 atom stereocenters. The van der Waals surface area contributed by atoms with Gasteiger partial charge in [-0.05, 0) is 36.2 Å². The molecule has 1 aliphatic rings. The van der Waals surface area contributed by atoms with Crippen molar-refractivity contribution >= 4 is 17.5 Å². The smallest absolute Gasteiger partial charge is 0.391 e. The van der Waals surface area contributed by atoms with Crippen LogP contribution in [0.2, 0.25) is 5.02 Å². The Labute approximate surface area is 193 Å². The Kier molecular flexibility index (Phi) is 6.45. The number of likely N-dealkylation sites (tertiary alicyclic amines) is 1. The second-order valence-electron chi connectivity index (χ2n) is 8.14. The highest BCUT2D eigenvalue weighted by Gasteiger charge is 2.38. The van der Waals surface area contributed by atoms with Crippen molar-refractivity contribution in [1.82, 2.24) is 19.7 Å². The highest BCUT2D eigenvalue weighted by Crippen LogP contribution is 2.33. The number of carbonyl (C=O) groups is 1. The minimum Gasteiger partial charge on any atom is -0.391 e. The number of alkyl halides is 3. The molecule has 0 bridgehead atoms. The monoisotopic (exact) mass is 478 g/mol. The van der Waals surface area contributed by atoms with Crippen molar-refractivity contribution in [2.75, 3.05) is 6.54 Å². The molecule has 3 aromatic rings. The average Bonchev–Trinajstić information content (AvgIpc) is 3.32. The first-order valence-electron chi connectivity index (χ1n) is 10.4. The molecule has 0 radical (unpaired) electrons. The molecule has 1 aliphatic heterocycles. The minimum atomic E-state index is -4.49. The van der Waals surface area contributed by atoms with Crippen molar-refractivity contribution in [3.05, 3.63) is 81.9 Å². The Bertz CT molecular complexity index is 1150. The normalized spacial score (nSPS) is 18.7. The van der Waals surface area contributed by atoms with Crippen LogP contribution in [0.4, 0.5) is 13.2 Å². The minimum absolute atomic E-state index is 0.0787. The number of halogens is 4. The maximum Gasteiger partial charge on any atom is 0.416 e. The summed E-state index contributed by atoms with van der Waals surface area (Å²) in [5, 5.41) is 19.3. The fraction of sp³-hybridized carbons (Fsp3) is 0.348. The number of rotatable bonds is 5. The van der Waals surface area contributed by atoms with Crippen LogP contribution in [0.15, 0.2) is 48.5 Å². The molecule has 0 saturated carbocycles. The molecule has 0 spiro atoms. The Morgan fingerprint density at radius 3 is 2.58 bits per heavy atom. The third-order valence-corrected chi connectivity index (χ3v) is 5.98. The van der Waals surface area contributed by atoms with Crippen LogP contribution in [0.3, 0.4) is 0 Å². The lowest BCUT2D eigenvalue weighted by Gasteiger charge is -2.25. The van der Waals surface area contributed by atoms with Gasteiger partial charge in [0.15, 0.2) is 5.82 Å². The van der Waals surface area contributed by atoms with Crippen LogP contribution in [0.1, 0.15) is 40.8 Å². The highest BCUT2D eigenvalue weighted by atomic mass is 35.5. The molecular weight excluding hydrogens is 457 g/mol. The number of benzene rings is 2. The summed E-state index contributed by atoms with van der Waals surface area (Å²) < 4.78 is 41.0. The zero-order chi connectivity index (χ0) is 23.8. The summed E-state index contributed by atoms with van der Waals surface area (Å²) in [6, 6.07) is 11.5. The summed E-state index contributed by atoms with van der Waals surface area (Å²) in [5.74, 6) is 0.789. The predicted octanol–water partition coefficient (Wildman–Crippen LogP) is 4.18. The molecule has 1 amide bonds. The van der Waals surface area contributed by atoms with E-state index >= 15 is 0 Å². The van der Waals surface area contributed by atoms with Gasteiger partial charge in [0.05, 0.1) is 30.7 Å². The molecule has 6 nitrogen and oxygen atoms in total. The van der Waals surface area contributed by atoms with Crippen molar-refractivity contribution in [2.24, 2.45) is 0 Å². The molecular formula is C23H22ClF3N4O2. The van der Waals surface area contributed by atoms with Gasteiger partial charge in [-0.3, -0.25) is 4.79 Å². The van der Waals surface area contributed by atoms with E-state index in [2.05, 4.69) is 10.2 Å². The summed E-state index contributed by atoms with van der Waals surface area (Å²) >= 11 is 5.97. The second kappa shape index (κ2) is 9.15. The van der Waals surface area contributed by atoms with Gasteiger partial charge >= 0.3 is 6.18 Å². The van der Waals surface area contributed by atoms with Crippen LogP contribution in [0.25, 0.3) is 0 Å². The topological polar surface area (TPSA) is 71.2 Å². The fourth-order valence-corrected chi connectivity index (χ4v) is 4.21. The number of hydrogen-bond donors (Lipinski definition) is 1. The maximum atomic E-state index is 13.1. The van der Waals surface area contributed by atoms with Crippen LogP contribution in [-0.4, -0.2) is 43.3 Å². The summed E-state index contributed by atoms with van der Waals surface area (Å²) in [4.78, 5) is 14.6. The molecule has 4 rings (SSSR count). The molecule has 10 heteroatoms. The molecule has 33 heavy (non-hydrogen) atoms. The van der Waals surface area contributed by atoms with E-state index < -0.39 is 23.9 Å². The Hall–Kier alpha value is -2.91. The summed E-state index contributed by atoms with van der Waals surface area (Å²) in [6.45, 7) is 2.33. The van der Waals surface area contributed by atoms with E-state index in [1.54, 1.807) is 19.1 Å². The van der Waals surface area contributed by atoms with Gasteiger partial charge in [0, 0.05) is 18.0 Å². The van der Waals surface area contributed by atoms with E-state index in [9.17, 15) is 23.1 Å². The number of nitrogens with zero attached hydrogens (tertiary/aromatic N) is 4. The van der Waals surface area contributed by atoms with Gasteiger partial charge in [0.25, 0.3) is 0 Å². The standard InChI is InChI=1S/C23H22ClF3N4O2/c1-14-28-29-22(30(14)12-15-5-7-18(24)8-6-15)20-11-19(32)13-31(20)21(33)10-16-3-2-4-17(9-16)23(25,26)27/h2-9,19-20,32H,10-13H2,1H3/t19-,20+/m0/s1. The molecule has 1 fully saturated rings. The quantitative estimate of drug-likeness (QED) is 0.597. The molecule has 2 aromatic carbocycles. The molecule has 1 saturated heterocycles. The maximum absolute atomic E-state index is 13.1. The number of amides is 1. The Morgan fingerprint density at radius 1 is 1.15 bits per heavy atom. The van der Waals surface area contributed by atoms with E-state index in [1.165, 1.54) is 17.0 Å². The largest absolute Gasteiger partial charge is 0.416 e. The lowest BCUT2D eigenvalue weighted by molar-refractivity contribution is -0.138. The van der Waals surface area contributed by atoms with Gasteiger partial charge < -0.3 is 14.6 Å². The van der Waals surface area contributed by atoms with Crippen LogP contribution in [0, 0.1) is 6.92 Å². The van der Waals surface area contributed by atoms with Crippen LogP contribution in [-0.2, 0) is 23.9 Å². The van der Waals surface area contributed by atoms with E-state index in [1.807, 2.05) is 16.7 Å². The number of carbonyl (C=O) groups excluding carboxylic acids is 1. The van der Waals surface area contributed by atoms with E-state index in [-0.39, 0.29) is 30.9 Å². The molecule has 0 aliphatic carbocycles. The molecule has 1 aromatic heterocycles. The van der Waals surface area contributed by atoms with Crippen LogP contribution in [0.5, 0.6) is 0 Å². The lowest BCUT2D eigenvalue weighted by Crippen LogP contribution is -2.34. The van der Waals surface area contributed by atoms with Crippen molar-refractivity contribution in [1.29, 1.82) is 0 Å². The second-order valence-corrected chi connectivity index (χ2v) is 8.58. The number of hydrogen-bond acceptors (Lipinski definition) is 4. The summed E-state index contributed by atoms with van der Waals surface area (Å²) in [5.41, 5.74) is 0.418. The summed E-state index contributed by atoms with van der Waals surface area (Å²) in [7, 11) is 0. The number of aryl methyl sites for hydroxylation is 1. The first-order chi connectivity index (χ1) is 15.6. The predicted molar refractivity (Wildman–Crippen MR) is 116 cm³/mol. The Morgan fingerprint density at radius 2 is 1.88 bits per heavy atom. The first kappa shape index (κ1) is 23.3. The number of aliphatic hydroxyl groups excluding tert-OH is 1. The van der Waals surface area contributed by atoms with Gasteiger partial charge in [-0.15, -0.1) is 10.2 Å². The van der Waals surface area contributed by atoms with Gasteiger partial charge in [-0.25, -0.2) is 0 Å². The summed E-state index contributed by atoms with van der Waals surface area (Å²) in [6.07, 6.45) is -5.19. The molecule has 1 N–H and O–H groups in total. The third-order valence-electron chi connectivity index (χ3n) is 5.73. The van der Waals surface area contributed by atoms with Gasteiger partial charge in [-0.1, -0.05) is 41.9 Å². The zero-order valence-electron chi connectivity index (χ0n) is 17.8. The van der Waals surface area contributed by atoms with E-state index in [0.29, 0.717) is 23.2 Å². The first-order valence-corrected chi connectivity index (χ1v) is 10.8. The van der Waals surface area contributed by atoms with Crippen molar-refractivity contribution < 1.29 is 23.1 Å². The van der Waals surface area contributed by atoms with Gasteiger partial charge in [-0.2, -0.15) is 13.2 Å². The third kappa shape index (κ3) is 5.20. The average molecular weight is 479 g/mol. The zero-order valence-corrected chi connectivity index (χ0v) is 18.5. The fourth-order valence-electron chi connectivity index (χ4n) is 4.08. The number of aliphatic hydroxyl groups is 1. The van der Waals surface area contributed by atoms with Gasteiger partial charge in [0.2, 0.25) is 5.91 Å².